The van der Waals surface area contributed by atoms with Gasteiger partial charge in [-0.1, -0.05) is 18.2 Å². The minimum Gasteiger partial charge on any atom is -0.462 e. The van der Waals surface area contributed by atoms with Gasteiger partial charge in [-0.15, -0.1) is 5.10 Å². The summed E-state index contributed by atoms with van der Waals surface area (Å²) in [6.45, 7) is 2.12. The average Bonchev–Trinajstić information content (AvgIpc) is 3.17. The van der Waals surface area contributed by atoms with Gasteiger partial charge in [0, 0.05) is 18.6 Å². The van der Waals surface area contributed by atoms with Crippen LogP contribution in [0.4, 0.5) is 0 Å². The molecule has 0 aliphatic rings. The summed E-state index contributed by atoms with van der Waals surface area (Å²) >= 11 is 0. The lowest BCUT2D eigenvalue weighted by molar-refractivity contribution is 0.0526. The molecule has 0 aliphatic carbocycles. The van der Waals surface area contributed by atoms with Crippen molar-refractivity contribution in [1.29, 1.82) is 0 Å². The van der Waals surface area contributed by atoms with Gasteiger partial charge in [0.05, 0.1) is 12.3 Å². The van der Waals surface area contributed by atoms with Crippen molar-refractivity contribution in [2.75, 3.05) is 6.61 Å². The number of carbonyl (C=O) groups is 1. The number of hydrogen-bond acceptors (Lipinski definition) is 3. The summed E-state index contributed by atoms with van der Waals surface area (Å²) in [5.41, 5.74) is 1.33. The number of hydrogen-bond donors (Lipinski definition) is 0. The van der Waals surface area contributed by atoms with Gasteiger partial charge in [-0.25, -0.2) is 9.48 Å². The van der Waals surface area contributed by atoms with Crippen molar-refractivity contribution in [1.82, 2.24) is 14.3 Å². The standard InChI is InChI=1S/C16H15N3O2/c1-2-21-16(20)14-12-19(13-8-4-3-5-9-13)17-15(14)18-10-6-7-11-18/h3-12H,2H2,1H3. The van der Waals surface area contributed by atoms with Crippen LogP contribution in [-0.4, -0.2) is 26.9 Å². The van der Waals surface area contributed by atoms with Crippen molar-refractivity contribution < 1.29 is 9.53 Å². The van der Waals surface area contributed by atoms with E-state index in [4.69, 9.17) is 4.74 Å². The lowest BCUT2D eigenvalue weighted by atomic mass is 10.3. The van der Waals surface area contributed by atoms with Gasteiger partial charge in [0.2, 0.25) is 0 Å². The third kappa shape index (κ3) is 2.58. The zero-order chi connectivity index (χ0) is 14.7. The molecule has 21 heavy (non-hydrogen) atoms. The summed E-state index contributed by atoms with van der Waals surface area (Å²) in [4.78, 5) is 12.1. The van der Waals surface area contributed by atoms with Crippen molar-refractivity contribution in [3.8, 4) is 11.5 Å². The summed E-state index contributed by atoms with van der Waals surface area (Å²) in [7, 11) is 0. The molecule has 0 atom stereocenters. The van der Waals surface area contributed by atoms with Gasteiger partial charge in [-0.3, -0.25) is 0 Å². The van der Waals surface area contributed by atoms with E-state index in [1.165, 1.54) is 0 Å². The van der Waals surface area contributed by atoms with Crippen LogP contribution in [0.3, 0.4) is 0 Å². The van der Waals surface area contributed by atoms with Crippen LogP contribution in [0.15, 0.2) is 61.1 Å². The van der Waals surface area contributed by atoms with Gasteiger partial charge in [-0.2, -0.15) is 0 Å². The SMILES string of the molecule is CCOC(=O)c1cn(-c2ccccc2)nc1-n1cccc1. The van der Waals surface area contributed by atoms with Crippen molar-refractivity contribution >= 4 is 5.97 Å². The van der Waals surface area contributed by atoms with Gasteiger partial charge >= 0.3 is 5.97 Å². The minimum atomic E-state index is -0.372. The molecule has 5 nitrogen and oxygen atoms in total. The van der Waals surface area contributed by atoms with E-state index < -0.39 is 0 Å². The van der Waals surface area contributed by atoms with Crippen LogP contribution >= 0.6 is 0 Å². The second-order valence-electron chi connectivity index (χ2n) is 4.46. The zero-order valence-corrected chi connectivity index (χ0v) is 11.6. The van der Waals surface area contributed by atoms with Crippen molar-refractivity contribution in [3.63, 3.8) is 0 Å². The van der Waals surface area contributed by atoms with E-state index in [1.807, 2.05) is 54.9 Å². The Bertz CT molecular complexity index is 730. The molecule has 2 heterocycles. The Balaban J connectivity index is 2.09. The molecule has 0 saturated heterocycles. The molecule has 0 radical (unpaired) electrons. The summed E-state index contributed by atoms with van der Waals surface area (Å²) in [5, 5.41) is 4.51. The number of nitrogens with zero attached hydrogens (tertiary/aromatic N) is 3. The Hall–Kier alpha value is -2.82. The second kappa shape index (κ2) is 5.66. The molecule has 2 aromatic heterocycles. The van der Waals surface area contributed by atoms with E-state index in [0.29, 0.717) is 18.0 Å². The van der Waals surface area contributed by atoms with E-state index in [2.05, 4.69) is 5.10 Å². The van der Waals surface area contributed by atoms with Gasteiger partial charge in [0.15, 0.2) is 5.82 Å². The topological polar surface area (TPSA) is 49.1 Å². The number of carbonyl (C=O) groups excluding carboxylic acids is 1. The van der Waals surface area contributed by atoms with Crippen molar-refractivity contribution in [2.45, 2.75) is 6.92 Å². The van der Waals surface area contributed by atoms with Gasteiger partial charge in [0.25, 0.3) is 0 Å². The Morgan fingerprint density at radius 2 is 1.86 bits per heavy atom. The van der Waals surface area contributed by atoms with Crippen molar-refractivity contribution in [3.05, 3.63) is 66.6 Å². The lowest BCUT2D eigenvalue weighted by Crippen LogP contribution is -2.07. The van der Waals surface area contributed by atoms with E-state index in [-0.39, 0.29) is 5.97 Å². The number of aromatic nitrogens is 3. The molecule has 3 rings (SSSR count). The van der Waals surface area contributed by atoms with Crippen LogP contribution in [0.5, 0.6) is 0 Å². The highest BCUT2D eigenvalue weighted by Crippen LogP contribution is 2.17. The molecule has 3 aromatic rings. The van der Waals surface area contributed by atoms with Crippen LogP contribution in [0.2, 0.25) is 0 Å². The third-order valence-electron chi connectivity index (χ3n) is 3.06. The van der Waals surface area contributed by atoms with Crippen LogP contribution in [0.1, 0.15) is 17.3 Å². The van der Waals surface area contributed by atoms with Gasteiger partial charge in [-0.05, 0) is 31.2 Å². The van der Waals surface area contributed by atoms with Crippen LogP contribution < -0.4 is 0 Å². The molecular weight excluding hydrogens is 266 g/mol. The Morgan fingerprint density at radius 3 is 2.52 bits per heavy atom. The first kappa shape index (κ1) is 13.2. The first-order valence-corrected chi connectivity index (χ1v) is 6.75. The largest absolute Gasteiger partial charge is 0.462 e. The molecule has 0 spiro atoms. The fraction of sp³-hybridized carbons (Fsp3) is 0.125. The molecule has 0 N–H and O–H groups in total. The summed E-state index contributed by atoms with van der Waals surface area (Å²) < 4.78 is 8.59. The third-order valence-corrected chi connectivity index (χ3v) is 3.06. The quantitative estimate of drug-likeness (QED) is 0.691. The number of benzene rings is 1. The predicted octanol–water partition coefficient (Wildman–Crippen LogP) is 2.84. The minimum absolute atomic E-state index is 0.334. The fourth-order valence-electron chi connectivity index (χ4n) is 2.10. The molecule has 0 saturated carbocycles. The van der Waals surface area contributed by atoms with Crippen LogP contribution in [-0.2, 0) is 4.74 Å². The molecule has 0 amide bonds. The molecule has 106 valence electrons. The summed E-state index contributed by atoms with van der Waals surface area (Å²) in [6.07, 6.45) is 5.39. The number of rotatable bonds is 4. The molecular formula is C16H15N3O2. The molecule has 0 unspecified atom stereocenters. The molecule has 0 bridgehead atoms. The summed E-state index contributed by atoms with van der Waals surface area (Å²) in [5.74, 6) is 0.186. The normalized spacial score (nSPS) is 10.5. The van der Waals surface area contributed by atoms with Gasteiger partial charge < -0.3 is 9.30 Å². The highest BCUT2D eigenvalue weighted by molar-refractivity contribution is 5.92. The van der Waals surface area contributed by atoms with E-state index in [0.717, 1.165) is 5.69 Å². The zero-order valence-electron chi connectivity index (χ0n) is 11.6. The highest BCUT2D eigenvalue weighted by Gasteiger charge is 2.19. The van der Waals surface area contributed by atoms with Crippen LogP contribution in [0.25, 0.3) is 11.5 Å². The van der Waals surface area contributed by atoms with Gasteiger partial charge in [0.1, 0.15) is 5.56 Å². The molecule has 5 heteroatoms. The fourth-order valence-corrected chi connectivity index (χ4v) is 2.10. The Labute approximate surface area is 122 Å². The number of esters is 1. The maximum Gasteiger partial charge on any atom is 0.343 e. The Morgan fingerprint density at radius 1 is 1.14 bits per heavy atom. The monoisotopic (exact) mass is 281 g/mol. The predicted molar refractivity (Wildman–Crippen MR) is 78.8 cm³/mol. The average molecular weight is 281 g/mol. The van der Waals surface area contributed by atoms with Crippen LogP contribution in [0, 0.1) is 0 Å². The Kier molecular flexibility index (Phi) is 3.55. The van der Waals surface area contributed by atoms with E-state index >= 15 is 0 Å². The van der Waals surface area contributed by atoms with E-state index in [1.54, 1.807) is 22.4 Å². The summed E-state index contributed by atoms with van der Waals surface area (Å²) in [6, 6.07) is 13.4. The highest BCUT2D eigenvalue weighted by atomic mass is 16.5. The molecule has 0 fully saturated rings. The van der Waals surface area contributed by atoms with E-state index in [9.17, 15) is 4.79 Å². The molecule has 1 aromatic carbocycles. The maximum atomic E-state index is 12.1. The number of ether oxygens (including phenoxy) is 1. The maximum absolute atomic E-state index is 12.1. The first-order valence-electron chi connectivity index (χ1n) is 6.75. The number of para-hydroxylation sites is 1. The first-order chi connectivity index (χ1) is 10.3. The smallest absolute Gasteiger partial charge is 0.343 e. The molecule has 0 aliphatic heterocycles. The second-order valence-corrected chi connectivity index (χ2v) is 4.46. The lowest BCUT2D eigenvalue weighted by Gasteiger charge is -2.02. The van der Waals surface area contributed by atoms with Crippen molar-refractivity contribution in [2.24, 2.45) is 0 Å².